The molecular weight excluding hydrogens is 372 g/mol. The van der Waals surface area contributed by atoms with Gasteiger partial charge in [-0.2, -0.15) is 0 Å². The fourth-order valence-electron chi connectivity index (χ4n) is 2.69. The van der Waals surface area contributed by atoms with Gasteiger partial charge in [-0.3, -0.25) is 14.4 Å². The first-order chi connectivity index (χ1) is 13.8. The first-order valence-corrected chi connectivity index (χ1v) is 10.0. The third-order valence-corrected chi connectivity index (χ3v) is 4.64. The number of ether oxygens (including phenoxy) is 3. The zero-order chi connectivity index (χ0) is 21.8. The average Bonchev–Trinajstić information content (AvgIpc) is 2.68. The Morgan fingerprint density at radius 1 is 0.931 bits per heavy atom. The molecule has 0 aliphatic carbocycles. The molecule has 0 saturated heterocycles. The van der Waals surface area contributed by atoms with Crippen molar-refractivity contribution in [2.75, 3.05) is 13.2 Å². The summed E-state index contributed by atoms with van der Waals surface area (Å²) in [7, 11) is 0. The molecule has 29 heavy (non-hydrogen) atoms. The zero-order valence-corrected chi connectivity index (χ0v) is 17.8. The lowest BCUT2D eigenvalue weighted by Crippen LogP contribution is -2.26. The Bertz CT molecular complexity index is 682. The van der Waals surface area contributed by atoms with E-state index < -0.39 is 17.9 Å². The van der Waals surface area contributed by atoms with Gasteiger partial charge >= 0.3 is 17.9 Å². The molecule has 0 fully saturated rings. The van der Waals surface area contributed by atoms with Gasteiger partial charge in [0.05, 0.1) is 19.1 Å². The molecule has 1 aromatic rings. The Morgan fingerprint density at radius 3 is 2.14 bits per heavy atom. The third kappa shape index (κ3) is 8.94. The van der Waals surface area contributed by atoms with Crippen molar-refractivity contribution in [2.24, 2.45) is 17.8 Å². The monoisotopic (exact) mass is 404 g/mol. The van der Waals surface area contributed by atoms with Crippen LogP contribution in [-0.2, 0) is 23.9 Å². The van der Waals surface area contributed by atoms with Gasteiger partial charge in [-0.15, -0.1) is 0 Å². The highest BCUT2D eigenvalue weighted by Gasteiger charge is 2.25. The molecule has 3 unspecified atom stereocenters. The number of rotatable bonds is 12. The van der Waals surface area contributed by atoms with Gasteiger partial charge < -0.3 is 14.2 Å². The van der Waals surface area contributed by atoms with Crippen molar-refractivity contribution in [1.82, 2.24) is 0 Å². The first kappa shape index (κ1) is 24.4. The van der Waals surface area contributed by atoms with Crippen molar-refractivity contribution >= 4 is 17.9 Å². The molecule has 0 aliphatic rings. The van der Waals surface area contributed by atoms with E-state index in [-0.39, 0.29) is 31.0 Å². The van der Waals surface area contributed by atoms with Crippen LogP contribution in [0.25, 0.3) is 0 Å². The average molecular weight is 405 g/mol. The molecule has 1 rings (SSSR count). The van der Waals surface area contributed by atoms with E-state index >= 15 is 0 Å². The maximum absolute atomic E-state index is 12.5. The summed E-state index contributed by atoms with van der Waals surface area (Å²) in [5, 5.41) is 0. The van der Waals surface area contributed by atoms with Gasteiger partial charge in [0, 0.05) is 0 Å². The van der Waals surface area contributed by atoms with Crippen LogP contribution in [0.5, 0.6) is 5.75 Å². The number of benzene rings is 1. The molecule has 0 spiro atoms. The van der Waals surface area contributed by atoms with Gasteiger partial charge in [-0.25, -0.2) is 0 Å². The second-order valence-electron chi connectivity index (χ2n) is 7.25. The van der Waals surface area contributed by atoms with E-state index in [2.05, 4.69) is 6.58 Å². The van der Waals surface area contributed by atoms with E-state index in [0.717, 1.165) is 12.0 Å². The molecule has 0 bridgehead atoms. The molecule has 160 valence electrons. The summed E-state index contributed by atoms with van der Waals surface area (Å²) in [6.07, 6.45) is 2.00. The lowest BCUT2D eigenvalue weighted by molar-refractivity contribution is -0.161. The SMILES string of the molecule is C=C(C)C(CCC(C)CCOC(=O)C(C)C(=O)OCC)C(=O)Oc1ccccc1. The van der Waals surface area contributed by atoms with Crippen LogP contribution in [0.3, 0.4) is 0 Å². The Labute approximate surface area is 173 Å². The molecule has 0 radical (unpaired) electrons. The predicted molar refractivity (Wildman–Crippen MR) is 110 cm³/mol. The van der Waals surface area contributed by atoms with Crippen LogP contribution < -0.4 is 4.74 Å². The molecule has 0 amide bonds. The summed E-state index contributed by atoms with van der Waals surface area (Å²) in [4.78, 5) is 35.9. The third-order valence-electron chi connectivity index (χ3n) is 4.64. The number of hydrogen-bond donors (Lipinski definition) is 0. The molecule has 0 aliphatic heterocycles. The van der Waals surface area contributed by atoms with E-state index in [0.29, 0.717) is 18.6 Å². The maximum atomic E-state index is 12.5. The van der Waals surface area contributed by atoms with Crippen LogP contribution in [0.4, 0.5) is 0 Å². The summed E-state index contributed by atoms with van der Waals surface area (Å²) in [5.74, 6) is -2.04. The normalized spacial score (nSPS) is 13.7. The Morgan fingerprint density at radius 2 is 1.55 bits per heavy atom. The molecule has 6 heteroatoms. The number of esters is 3. The summed E-state index contributed by atoms with van der Waals surface area (Å²) in [6.45, 7) is 11.4. The van der Waals surface area contributed by atoms with Crippen molar-refractivity contribution < 1.29 is 28.6 Å². The van der Waals surface area contributed by atoms with Gasteiger partial charge in [0.2, 0.25) is 0 Å². The van der Waals surface area contributed by atoms with Crippen molar-refractivity contribution in [2.45, 2.75) is 47.0 Å². The second-order valence-corrected chi connectivity index (χ2v) is 7.25. The largest absolute Gasteiger partial charge is 0.465 e. The highest BCUT2D eigenvalue weighted by molar-refractivity contribution is 5.94. The van der Waals surface area contributed by atoms with Gasteiger partial charge in [0.15, 0.2) is 5.92 Å². The maximum Gasteiger partial charge on any atom is 0.320 e. The van der Waals surface area contributed by atoms with Gasteiger partial charge in [-0.1, -0.05) is 37.3 Å². The van der Waals surface area contributed by atoms with E-state index in [4.69, 9.17) is 14.2 Å². The molecule has 6 nitrogen and oxygen atoms in total. The smallest absolute Gasteiger partial charge is 0.320 e. The first-order valence-electron chi connectivity index (χ1n) is 10.0. The van der Waals surface area contributed by atoms with Gasteiger partial charge in [-0.05, 0) is 58.1 Å². The van der Waals surface area contributed by atoms with Crippen LogP contribution in [-0.4, -0.2) is 31.1 Å². The van der Waals surface area contributed by atoms with E-state index in [1.807, 2.05) is 32.0 Å². The highest BCUT2D eigenvalue weighted by Crippen LogP contribution is 2.23. The van der Waals surface area contributed by atoms with Crippen LogP contribution in [0, 0.1) is 17.8 Å². The van der Waals surface area contributed by atoms with E-state index in [1.54, 1.807) is 19.1 Å². The fourth-order valence-corrected chi connectivity index (χ4v) is 2.69. The standard InChI is InChI=1S/C23H32O6/c1-6-27-21(24)18(5)22(25)28-15-14-17(4)12-13-20(16(2)3)23(26)29-19-10-8-7-9-11-19/h7-11,17-18,20H,2,6,12-15H2,1,3-5H3. The molecular formula is C23H32O6. The van der Waals surface area contributed by atoms with E-state index in [1.165, 1.54) is 6.92 Å². The molecule has 0 N–H and O–H groups in total. The van der Waals surface area contributed by atoms with Crippen LogP contribution in [0.2, 0.25) is 0 Å². The van der Waals surface area contributed by atoms with Crippen molar-refractivity contribution in [1.29, 1.82) is 0 Å². The summed E-state index contributed by atoms with van der Waals surface area (Å²) < 4.78 is 15.4. The summed E-state index contributed by atoms with van der Waals surface area (Å²) in [5.41, 5.74) is 0.757. The van der Waals surface area contributed by atoms with Crippen LogP contribution >= 0.6 is 0 Å². The molecule has 0 heterocycles. The highest BCUT2D eigenvalue weighted by atomic mass is 16.6. The number of para-hydroxylation sites is 1. The lowest BCUT2D eigenvalue weighted by Gasteiger charge is -2.18. The quantitative estimate of drug-likeness (QED) is 0.223. The summed E-state index contributed by atoms with van der Waals surface area (Å²) in [6, 6.07) is 8.95. The van der Waals surface area contributed by atoms with Crippen molar-refractivity contribution in [3.63, 3.8) is 0 Å². The minimum atomic E-state index is -0.925. The van der Waals surface area contributed by atoms with Crippen molar-refractivity contribution in [3.8, 4) is 5.75 Å². The minimum absolute atomic E-state index is 0.218. The Kier molecular flexibility index (Phi) is 10.7. The molecule has 0 aromatic heterocycles. The lowest BCUT2D eigenvalue weighted by atomic mass is 9.91. The number of carbonyl (C=O) groups excluding carboxylic acids is 3. The van der Waals surface area contributed by atoms with Gasteiger partial charge in [0.25, 0.3) is 0 Å². The molecule has 3 atom stereocenters. The second kappa shape index (κ2) is 12.8. The topological polar surface area (TPSA) is 78.9 Å². The fraction of sp³-hybridized carbons (Fsp3) is 0.522. The van der Waals surface area contributed by atoms with E-state index in [9.17, 15) is 14.4 Å². The zero-order valence-electron chi connectivity index (χ0n) is 17.8. The number of carbonyl (C=O) groups is 3. The molecule has 1 aromatic carbocycles. The molecule has 0 saturated carbocycles. The predicted octanol–water partition coefficient (Wildman–Crippen LogP) is 4.33. The van der Waals surface area contributed by atoms with Crippen LogP contribution in [0.1, 0.15) is 47.0 Å². The van der Waals surface area contributed by atoms with Crippen LogP contribution in [0.15, 0.2) is 42.5 Å². The Hall–Kier alpha value is -2.63. The van der Waals surface area contributed by atoms with Crippen molar-refractivity contribution in [3.05, 3.63) is 42.5 Å². The minimum Gasteiger partial charge on any atom is -0.465 e. The van der Waals surface area contributed by atoms with Gasteiger partial charge in [0.1, 0.15) is 5.75 Å². The number of hydrogen-bond acceptors (Lipinski definition) is 6. The Balaban J connectivity index is 2.41. The summed E-state index contributed by atoms with van der Waals surface area (Å²) >= 11 is 0.